The Morgan fingerprint density at radius 3 is 1.38 bits per heavy atom. The second-order valence-corrected chi connectivity index (χ2v) is 9.01. The number of alkyl carbamates (subject to hydrolysis) is 2. The molecular formula is C24H38N2O8. The minimum atomic E-state index is -0.742. The van der Waals surface area contributed by atoms with Crippen LogP contribution < -0.4 is 10.6 Å². The third-order valence-corrected chi connectivity index (χ3v) is 5.69. The van der Waals surface area contributed by atoms with Gasteiger partial charge in [-0.3, -0.25) is 0 Å². The van der Waals surface area contributed by atoms with E-state index in [2.05, 4.69) is 10.6 Å². The van der Waals surface area contributed by atoms with Crippen molar-refractivity contribution >= 4 is 24.1 Å². The second-order valence-electron chi connectivity index (χ2n) is 9.01. The van der Waals surface area contributed by atoms with Crippen LogP contribution in [0.15, 0.2) is 12.2 Å². The molecule has 10 nitrogen and oxygen atoms in total. The summed E-state index contributed by atoms with van der Waals surface area (Å²) in [7, 11) is 0. The quantitative estimate of drug-likeness (QED) is 0.275. The lowest BCUT2D eigenvalue weighted by atomic mass is 9.98. The normalized spacial score (nSPS) is 19.0. The molecule has 0 aromatic carbocycles. The average molecular weight is 483 g/mol. The molecule has 2 saturated carbocycles. The number of amides is 2. The highest BCUT2D eigenvalue weighted by atomic mass is 16.6. The molecule has 0 heterocycles. The molecule has 0 saturated heterocycles. The summed E-state index contributed by atoms with van der Waals surface area (Å²) in [5, 5.41) is 5.24. The molecular weight excluding hydrogens is 444 g/mol. The number of hydrogen-bond acceptors (Lipinski definition) is 8. The van der Waals surface area contributed by atoms with Gasteiger partial charge in [0.25, 0.3) is 0 Å². The predicted molar refractivity (Wildman–Crippen MR) is 123 cm³/mol. The molecule has 0 spiro atoms. The molecule has 2 fully saturated rings. The van der Waals surface area contributed by atoms with Crippen LogP contribution in [0.3, 0.4) is 0 Å². The fourth-order valence-electron chi connectivity index (χ4n) is 3.87. The Morgan fingerprint density at radius 2 is 1.03 bits per heavy atom. The van der Waals surface area contributed by atoms with Gasteiger partial charge in [-0.15, -0.1) is 0 Å². The van der Waals surface area contributed by atoms with E-state index in [0.29, 0.717) is 0 Å². The summed E-state index contributed by atoms with van der Waals surface area (Å²) in [6.07, 6.45) is 10.8. The van der Waals surface area contributed by atoms with E-state index >= 15 is 0 Å². The molecule has 0 unspecified atom stereocenters. The first-order chi connectivity index (χ1) is 16.3. The van der Waals surface area contributed by atoms with Gasteiger partial charge in [-0.25, -0.2) is 19.2 Å². The zero-order valence-electron chi connectivity index (χ0n) is 20.2. The highest BCUT2D eigenvalue weighted by molar-refractivity contribution is 5.91. The maximum Gasteiger partial charge on any atom is 0.407 e. The van der Waals surface area contributed by atoms with Crippen LogP contribution >= 0.6 is 0 Å². The Labute approximate surface area is 201 Å². The number of carbonyl (C=O) groups excluding carboxylic acids is 4. The molecule has 2 rings (SSSR count). The highest BCUT2D eigenvalue weighted by Gasteiger charge is 2.20. The molecule has 0 aliphatic heterocycles. The highest BCUT2D eigenvalue weighted by Crippen LogP contribution is 2.21. The Balaban J connectivity index is 1.55. The van der Waals surface area contributed by atoms with Gasteiger partial charge in [0.1, 0.15) is 25.4 Å². The molecule has 0 radical (unpaired) electrons. The van der Waals surface area contributed by atoms with Crippen LogP contribution in [0.1, 0.15) is 78.1 Å². The topological polar surface area (TPSA) is 129 Å². The predicted octanol–water partition coefficient (Wildman–Crippen LogP) is 3.52. The molecule has 2 aliphatic rings. The van der Waals surface area contributed by atoms with Crippen LogP contribution in [0.25, 0.3) is 0 Å². The van der Waals surface area contributed by atoms with E-state index in [1.165, 1.54) is 12.8 Å². The number of esters is 2. The van der Waals surface area contributed by atoms with Gasteiger partial charge in [0.15, 0.2) is 0 Å². The molecule has 10 heteroatoms. The average Bonchev–Trinajstić information content (AvgIpc) is 2.81. The van der Waals surface area contributed by atoms with E-state index in [1.807, 2.05) is 0 Å². The maximum absolute atomic E-state index is 11.9. The van der Waals surface area contributed by atoms with Crippen molar-refractivity contribution in [2.75, 3.05) is 13.2 Å². The lowest BCUT2D eigenvalue weighted by molar-refractivity contribution is -0.141. The monoisotopic (exact) mass is 482 g/mol. The van der Waals surface area contributed by atoms with E-state index in [9.17, 15) is 19.2 Å². The van der Waals surface area contributed by atoms with Crippen LogP contribution in [0.5, 0.6) is 0 Å². The fourth-order valence-corrected chi connectivity index (χ4v) is 3.87. The van der Waals surface area contributed by atoms with E-state index in [-0.39, 0.29) is 25.4 Å². The third kappa shape index (κ3) is 11.9. The Bertz CT molecular complexity index is 641. The van der Waals surface area contributed by atoms with Crippen molar-refractivity contribution in [1.82, 2.24) is 10.6 Å². The minimum absolute atomic E-state index is 0.0575. The SMILES string of the molecule is C[C@H](COC(=O)/C=C/C(=O)OC[C@@H](C)NC(=O)OC1CCCCC1)NC(=O)OC1CCCCC1. The first kappa shape index (κ1) is 27.5. The number of carbonyl (C=O) groups is 4. The molecule has 2 aliphatic carbocycles. The number of rotatable bonds is 10. The maximum atomic E-state index is 11.9. The van der Waals surface area contributed by atoms with E-state index in [4.69, 9.17) is 18.9 Å². The van der Waals surface area contributed by atoms with Gasteiger partial charge in [-0.05, 0) is 65.2 Å². The van der Waals surface area contributed by atoms with Gasteiger partial charge in [-0.1, -0.05) is 12.8 Å². The van der Waals surface area contributed by atoms with Crippen molar-refractivity contribution in [3.8, 4) is 0 Å². The van der Waals surface area contributed by atoms with Crippen molar-refractivity contribution in [3.63, 3.8) is 0 Å². The molecule has 2 N–H and O–H groups in total. The van der Waals surface area contributed by atoms with Crippen LogP contribution in [0.4, 0.5) is 9.59 Å². The van der Waals surface area contributed by atoms with Crippen LogP contribution in [-0.4, -0.2) is 61.6 Å². The van der Waals surface area contributed by atoms with Gasteiger partial charge in [-0.2, -0.15) is 0 Å². The van der Waals surface area contributed by atoms with Crippen molar-refractivity contribution in [2.45, 2.75) is 102 Å². The first-order valence-corrected chi connectivity index (χ1v) is 12.3. The summed E-state index contributed by atoms with van der Waals surface area (Å²) in [6.45, 7) is 3.23. The molecule has 34 heavy (non-hydrogen) atoms. The number of ether oxygens (including phenoxy) is 4. The smallest absolute Gasteiger partial charge is 0.407 e. The van der Waals surface area contributed by atoms with Gasteiger partial charge < -0.3 is 29.6 Å². The standard InChI is InChI=1S/C24H38N2O8/c1-17(25-23(29)33-19-9-5-3-6-10-19)15-31-21(27)13-14-22(28)32-16-18(2)26-24(30)34-20-11-7-4-8-12-20/h13-14,17-20H,3-12,15-16H2,1-2H3,(H,25,29)(H,26,30)/b14-13+/t17-,18-/m1/s1. The summed E-state index contributed by atoms with van der Waals surface area (Å²) >= 11 is 0. The minimum Gasteiger partial charge on any atom is -0.460 e. The van der Waals surface area contributed by atoms with Gasteiger partial charge >= 0.3 is 24.1 Å². The Kier molecular flexibility index (Phi) is 12.3. The summed E-state index contributed by atoms with van der Waals surface area (Å²) in [5.41, 5.74) is 0. The van der Waals surface area contributed by atoms with Gasteiger partial charge in [0.2, 0.25) is 0 Å². The Morgan fingerprint density at radius 1 is 0.676 bits per heavy atom. The summed E-state index contributed by atoms with van der Waals surface area (Å²) in [6, 6.07) is -0.888. The van der Waals surface area contributed by atoms with Crippen LogP contribution in [-0.2, 0) is 28.5 Å². The zero-order valence-corrected chi connectivity index (χ0v) is 20.2. The van der Waals surface area contributed by atoms with E-state index < -0.39 is 36.2 Å². The molecule has 192 valence electrons. The Hall–Kier alpha value is -2.78. The van der Waals surface area contributed by atoms with E-state index in [0.717, 1.165) is 63.5 Å². The number of nitrogens with one attached hydrogen (secondary N) is 2. The lowest BCUT2D eigenvalue weighted by Gasteiger charge is -2.23. The summed E-state index contributed by atoms with van der Waals surface area (Å²) in [5.74, 6) is -1.48. The van der Waals surface area contributed by atoms with Crippen molar-refractivity contribution in [1.29, 1.82) is 0 Å². The first-order valence-electron chi connectivity index (χ1n) is 12.3. The molecule has 0 bridgehead atoms. The second kappa shape index (κ2) is 15.2. The zero-order chi connectivity index (χ0) is 24.8. The lowest BCUT2D eigenvalue weighted by Crippen LogP contribution is -2.39. The summed E-state index contributed by atoms with van der Waals surface area (Å²) < 4.78 is 20.7. The third-order valence-electron chi connectivity index (χ3n) is 5.69. The molecule has 0 aromatic rings. The van der Waals surface area contributed by atoms with Crippen LogP contribution in [0, 0.1) is 0 Å². The summed E-state index contributed by atoms with van der Waals surface area (Å²) in [4.78, 5) is 47.4. The molecule has 2 atom stereocenters. The van der Waals surface area contributed by atoms with Crippen molar-refractivity contribution in [3.05, 3.63) is 12.2 Å². The van der Waals surface area contributed by atoms with Crippen molar-refractivity contribution < 1.29 is 38.1 Å². The fraction of sp³-hybridized carbons (Fsp3) is 0.750. The molecule has 0 aromatic heterocycles. The largest absolute Gasteiger partial charge is 0.460 e. The van der Waals surface area contributed by atoms with Gasteiger partial charge in [0, 0.05) is 12.2 Å². The van der Waals surface area contributed by atoms with Gasteiger partial charge in [0.05, 0.1) is 12.1 Å². The van der Waals surface area contributed by atoms with E-state index in [1.54, 1.807) is 13.8 Å². The number of hydrogen-bond donors (Lipinski definition) is 2. The van der Waals surface area contributed by atoms with Crippen molar-refractivity contribution in [2.24, 2.45) is 0 Å². The van der Waals surface area contributed by atoms with Crippen LogP contribution in [0.2, 0.25) is 0 Å². The molecule has 2 amide bonds.